The van der Waals surface area contributed by atoms with E-state index in [0.717, 1.165) is 6.04 Å². The molecule has 3 heteroatoms. The van der Waals surface area contributed by atoms with Crippen molar-refractivity contribution in [1.82, 2.24) is 4.23 Å². The molecule has 0 radical (unpaired) electrons. The summed E-state index contributed by atoms with van der Waals surface area (Å²) in [4.78, 5) is 0. The van der Waals surface area contributed by atoms with Gasteiger partial charge in [0.05, 0.1) is 20.8 Å². The zero-order chi connectivity index (χ0) is 4.57. The van der Waals surface area contributed by atoms with Crippen molar-refractivity contribution in [3.63, 3.8) is 0 Å². The highest BCUT2D eigenvalue weighted by Gasteiger charge is 2.21. The van der Waals surface area contributed by atoms with Crippen LogP contribution in [-0.2, 0) is 0 Å². The van der Waals surface area contributed by atoms with E-state index in [2.05, 4.69) is 4.23 Å². The minimum atomic E-state index is 1.06. The first-order valence-corrected chi connectivity index (χ1v) is 4.26. The van der Waals surface area contributed by atoms with Crippen LogP contribution in [0.4, 0.5) is 0 Å². The molecule has 1 saturated carbocycles. The van der Waals surface area contributed by atoms with Crippen molar-refractivity contribution in [3.05, 3.63) is 0 Å². The number of rotatable bonds is 1. The molecule has 1 aliphatic carbocycles. The predicted molar refractivity (Wildman–Crippen MR) is 34.7 cm³/mol. The standard InChI is InChI=1S/C3H11NSi2/c5-4(6)3-1-2-3/h3H,1-2H2,5-6H3. The molecule has 0 spiro atoms. The second-order valence-corrected chi connectivity index (χ2v) is 6.81. The average molecular weight is 117 g/mol. The summed E-state index contributed by atoms with van der Waals surface area (Å²) in [5.41, 5.74) is 0. The maximum atomic E-state index is 2.56. The fourth-order valence-electron chi connectivity index (χ4n) is 0.591. The van der Waals surface area contributed by atoms with E-state index < -0.39 is 0 Å². The molecular weight excluding hydrogens is 106 g/mol. The van der Waals surface area contributed by atoms with Gasteiger partial charge in [0.15, 0.2) is 0 Å². The number of nitrogens with zero attached hydrogens (tertiary/aromatic N) is 1. The van der Waals surface area contributed by atoms with Gasteiger partial charge >= 0.3 is 0 Å². The van der Waals surface area contributed by atoms with Crippen LogP contribution < -0.4 is 0 Å². The summed E-state index contributed by atoms with van der Waals surface area (Å²) in [5.74, 6) is 0. The Labute approximate surface area is 44.7 Å². The first kappa shape index (κ1) is 4.55. The lowest BCUT2D eigenvalue weighted by Gasteiger charge is -2.04. The fourth-order valence-corrected chi connectivity index (χ4v) is 1.62. The molecule has 0 bridgehead atoms. The molecule has 0 N–H and O–H groups in total. The van der Waals surface area contributed by atoms with E-state index in [1.54, 1.807) is 0 Å². The van der Waals surface area contributed by atoms with E-state index in [0.29, 0.717) is 0 Å². The van der Waals surface area contributed by atoms with Gasteiger partial charge in [-0.05, 0) is 18.9 Å². The molecular formula is C3H11NSi2. The maximum Gasteiger partial charge on any atom is 0.0700 e. The molecule has 1 fully saturated rings. The highest BCUT2D eigenvalue weighted by molar-refractivity contribution is 6.25. The van der Waals surface area contributed by atoms with Crippen LogP contribution in [0.25, 0.3) is 0 Å². The SMILES string of the molecule is [SiH3]N([SiH3])C1CC1. The normalized spacial score (nSPS) is 23.5. The Morgan fingerprint density at radius 3 is 1.83 bits per heavy atom. The first-order valence-electron chi connectivity index (χ1n) is 2.47. The monoisotopic (exact) mass is 117 g/mol. The van der Waals surface area contributed by atoms with Crippen LogP contribution in [0.3, 0.4) is 0 Å². The largest absolute Gasteiger partial charge is 0.358 e. The number of hydrogen-bond acceptors (Lipinski definition) is 1. The van der Waals surface area contributed by atoms with Gasteiger partial charge < -0.3 is 4.23 Å². The third kappa shape index (κ3) is 0.926. The maximum absolute atomic E-state index is 2.56. The zero-order valence-corrected chi connectivity index (χ0v) is 8.44. The molecule has 1 aliphatic rings. The predicted octanol–water partition coefficient (Wildman–Crippen LogP) is -1.99. The van der Waals surface area contributed by atoms with Crippen molar-refractivity contribution in [2.24, 2.45) is 0 Å². The van der Waals surface area contributed by atoms with Crippen molar-refractivity contribution in [2.75, 3.05) is 0 Å². The van der Waals surface area contributed by atoms with E-state index in [-0.39, 0.29) is 0 Å². The van der Waals surface area contributed by atoms with E-state index in [1.807, 2.05) is 0 Å². The lowest BCUT2D eigenvalue weighted by molar-refractivity contribution is 0.692. The van der Waals surface area contributed by atoms with Gasteiger partial charge in [-0.2, -0.15) is 0 Å². The molecule has 0 aromatic rings. The Morgan fingerprint density at radius 1 is 1.33 bits per heavy atom. The summed E-state index contributed by atoms with van der Waals surface area (Å²) < 4.78 is 2.56. The zero-order valence-electron chi connectivity index (χ0n) is 4.44. The summed E-state index contributed by atoms with van der Waals surface area (Å²) in [6.07, 6.45) is 2.99. The van der Waals surface area contributed by atoms with Gasteiger partial charge in [-0.1, -0.05) is 0 Å². The summed E-state index contributed by atoms with van der Waals surface area (Å²) >= 11 is 0. The van der Waals surface area contributed by atoms with Gasteiger partial charge in [0, 0.05) is 0 Å². The van der Waals surface area contributed by atoms with Gasteiger partial charge in [0.1, 0.15) is 0 Å². The third-order valence-electron chi connectivity index (χ3n) is 1.28. The molecule has 0 unspecified atom stereocenters. The minimum absolute atomic E-state index is 1.06. The molecule has 1 nitrogen and oxygen atoms in total. The van der Waals surface area contributed by atoms with Crippen LogP contribution in [0.5, 0.6) is 0 Å². The first-order chi connectivity index (χ1) is 2.80. The second-order valence-electron chi connectivity index (χ2n) is 2.19. The van der Waals surface area contributed by atoms with Crippen LogP contribution in [0.15, 0.2) is 0 Å². The van der Waals surface area contributed by atoms with E-state index in [9.17, 15) is 0 Å². The summed E-state index contributed by atoms with van der Waals surface area (Å²) in [7, 11) is 2.62. The van der Waals surface area contributed by atoms with Crippen molar-refractivity contribution in [3.8, 4) is 0 Å². The van der Waals surface area contributed by atoms with Gasteiger partial charge in [0.25, 0.3) is 0 Å². The van der Waals surface area contributed by atoms with Crippen molar-refractivity contribution in [1.29, 1.82) is 0 Å². The second kappa shape index (κ2) is 1.48. The topological polar surface area (TPSA) is 3.24 Å². The average Bonchev–Trinajstić information content (AvgIpc) is 2.06. The van der Waals surface area contributed by atoms with Crippen LogP contribution >= 0.6 is 0 Å². The summed E-state index contributed by atoms with van der Waals surface area (Å²) in [5, 5.41) is 0. The molecule has 0 saturated heterocycles. The van der Waals surface area contributed by atoms with Crippen LogP contribution in [0, 0.1) is 0 Å². The Balaban J connectivity index is 2.13. The van der Waals surface area contributed by atoms with Gasteiger partial charge in [0.2, 0.25) is 0 Å². The van der Waals surface area contributed by atoms with E-state index in [1.165, 1.54) is 33.6 Å². The highest BCUT2D eigenvalue weighted by Crippen LogP contribution is 2.22. The fraction of sp³-hybridized carbons (Fsp3) is 1.00. The highest BCUT2D eigenvalue weighted by atomic mass is 28.2. The van der Waals surface area contributed by atoms with Gasteiger partial charge in [-0.15, -0.1) is 0 Å². The molecule has 1 rings (SSSR count). The van der Waals surface area contributed by atoms with Crippen LogP contribution in [-0.4, -0.2) is 31.1 Å². The Hall–Kier alpha value is 0.394. The van der Waals surface area contributed by atoms with Gasteiger partial charge in [-0.3, -0.25) is 0 Å². The quantitative estimate of drug-likeness (QED) is 0.360. The van der Waals surface area contributed by atoms with E-state index in [4.69, 9.17) is 0 Å². The number of hydrogen-bond donors (Lipinski definition) is 0. The molecule has 0 heterocycles. The molecule has 0 atom stereocenters. The summed E-state index contributed by atoms with van der Waals surface area (Å²) in [6, 6.07) is 1.06. The van der Waals surface area contributed by atoms with E-state index >= 15 is 0 Å². The molecule has 0 aliphatic heterocycles. The molecule has 0 aromatic carbocycles. The minimum Gasteiger partial charge on any atom is -0.358 e. The Morgan fingerprint density at radius 2 is 1.83 bits per heavy atom. The van der Waals surface area contributed by atoms with Crippen LogP contribution in [0.1, 0.15) is 12.8 Å². The van der Waals surface area contributed by atoms with Crippen molar-refractivity contribution < 1.29 is 0 Å². The van der Waals surface area contributed by atoms with Crippen molar-refractivity contribution >= 4 is 20.8 Å². The molecule has 0 amide bonds. The Kier molecular flexibility index (Phi) is 1.12. The lowest BCUT2D eigenvalue weighted by Crippen LogP contribution is -2.17. The molecule has 36 valence electrons. The summed E-state index contributed by atoms with van der Waals surface area (Å²) in [6.45, 7) is 0. The smallest absolute Gasteiger partial charge is 0.0700 e. The van der Waals surface area contributed by atoms with Crippen LogP contribution in [0.2, 0.25) is 0 Å². The third-order valence-corrected chi connectivity index (χ3v) is 2.74. The van der Waals surface area contributed by atoms with Crippen molar-refractivity contribution in [2.45, 2.75) is 18.9 Å². The molecule has 6 heavy (non-hydrogen) atoms. The Bertz CT molecular complexity index is 50.8. The van der Waals surface area contributed by atoms with Gasteiger partial charge in [-0.25, -0.2) is 0 Å². The molecule has 0 aromatic heterocycles. The lowest BCUT2D eigenvalue weighted by atomic mass is 10.8.